The molecule has 0 radical (unpaired) electrons. The minimum absolute atomic E-state index is 0.0443. The second-order valence-electron chi connectivity index (χ2n) is 8.60. The van der Waals surface area contributed by atoms with Gasteiger partial charge < -0.3 is 20.6 Å². The Balaban J connectivity index is 1.41. The first-order chi connectivity index (χ1) is 13.0. The van der Waals surface area contributed by atoms with Gasteiger partial charge in [0.25, 0.3) is 5.91 Å². The lowest BCUT2D eigenvalue weighted by molar-refractivity contribution is 0.0946. The normalized spacial score (nSPS) is 26.3. The number of aromatic nitrogens is 1. The minimum atomic E-state index is -0.153. The largest absolute Gasteiger partial charge is 0.393 e. The first-order valence-electron chi connectivity index (χ1n) is 10.4. The molecule has 3 N–H and O–H groups in total. The van der Waals surface area contributed by atoms with Gasteiger partial charge in [-0.3, -0.25) is 4.79 Å². The van der Waals surface area contributed by atoms with Gasteiger partial charge in [0.1, 0.15) is 5.82 Å². The Morgan fingerprint density at radius 2 is 2.04 bits per heavy atom. The van der Waals surface area contributed by atoms with Crippen LogP contribution in [0.5, 0.6) is 0 Å². The van der Waals surface area contributed by atoms with E-state index < -0.39 is 0 Å². The van der Waals surface area contributed by atoms with Crippen LogP contribution in [0, 0.1) is 11.8 Å². The Kier molecular flexibility index (Phi) is 7.07. The highest BCUT2D eigenvalue weighted by Gasteiger charge is 2.23. The first kappa shape index (κ1) is 20.1. The zero-order chi connectivity index (χ0) is 19.2. The van der Waals surface area contributed by atoms with Crippen LogP contribution in [0.2, 0.25) is 0 Å². The van der Waals surface area contributed by atoms with Crippen molar-refractivity contribution < 1.29 is 9.90 Å². The smallest absolute Gasteiger partial charge is 0.252 e. The molecule has 1 aliphatic carbocycles. The van der Waals surface area contributed by atoms with Crippen LogP contribution in [-0.2, 0) is 0 Å². The Morgan fingerprint density at radius 3 is 2.70 bits per heavy atom. The summed E-state index contributed by atoms with van der Waals surface area (Å²) in [5.74, 6) is 1.99. The maximum absolute atomic E-state index is 12.4. The van der Waals surface area contributed by atoms with Crippen molar-refractivity contribution in [3.8, 4) is 0 Å². The number of nitrogens with zero attached hydrogens (tertiary/aromatic N) is 2. The highest BCUT2D eigenvalue weighted by atomic mass is 16.3. The molecular weight excluding hydrogens is 340 g/mol. The number of rotatable bonds is 7. The molecule has 1 saturated carbocycles. The van der Waals surface area contributed by atoms with E-state index in [0.717, 1.165) is 64.1 Å². The van der Waals surface area contributed by atoms with Crippen molar-refractivity contribution in [2.75, 3.05) is 31.5 Å². The van der Waals surface area contributed by atoms with E-state index in [1.165, 1.54) is 0 Å². The lowest BCUT2D eigenvalue weighted by atomic mass is 9.93. The number of carbonyl (C=O) groups excluding carboxylic acids is 1. The van der Waals surface area contributed by atoms with Gasteiger partial charge >= 0.3 is 0 Å². The molecule has 3 rings (SSSR count). The van der Waals surface area contributed by atoms with Gasteiger partial charge in [0, 0.05) is 31.9 Å². The monoisotopic (exact) mass is 374 g/mol. The maximum atomic E-state index is 12.4. The zero-order valence-corrected chi connectivity index (χ0v) is 16.7. The summed E-state index contributed by atoms with van der Waals surface area (Å²) in [7, 11) is 0. The minimum Gasteiger partial charge on any atom is -0.393 e. The number of aliphatic hydroxyl groups is 1. The number of hydrogen-bond donors (Lipinski definition) is 3. The van der Waals surface area contributed by atoms with Crippen LogP contribution < -0.4 is 10.6 Å². The summed E-state index contributed by atoms with van der Waals surface area (Å²) in [6.45, 7) is 8.59. The fourth-order valence-corrected chi connectivity index (χ4v) is 4.14. The highest BCUT2D eigenvalue weighted by Crippen LogP contribution is 2.21. The zero-order valence-electron chi connectivity index (χ0n) is 16.7. The second-order valence-corrected chi connectivity index (χ2v) is 8.60. The van der Waals surface area contributed by atoms with Crippen molar-refractivity contribution in [1.82, 2.24) is 15.2 Å². The topological polar surface area (TPSA) is 77.5 Å². The Labute approximate surface area is 162 Å². The molecule has 1 unspecified atom stereocenters. The maximum Gasteiger partial charge on any atom is 0.252 e. The van der Waals surface area contributed by atoms with E-state index in [0.29, 0.717) is 23.4 Å². The summed E-state index contributed by atoms with van der Waals surface area (Å²) in [6.07, 6.45) is 6.25. The Bertz CT molecular complexity index is 597. The Hall–Kier alpha value is -1.66. The third-order valence-electron chi connectivity index (χ3n) is 5.62. The molecule has 0 bridgehead atoms. The van der Waals surface area contributed by atoms with Crippen LogP contribution in [0.25, 0.3) is 0 Å². The molecular formula is C21H34N4O2. The van der Waals surface area contributed by atoms with Gasteiger partial charge in [0.2, 0.25) is 0 Å². The van der Waals surface area contributed by atoms with Crippen molar-refractivity contribution in [2.24, 2.45) is 11.8 Å². The van der Waals surface area contributed by atoms with Crippen molar-refractivity contribution in [3.05, 3.63) is 23.9 Å². The molecule has 27 heavy (non-hydrogen) atoms. The highest BCUT2D eigenvalue weighted by molar-refractivity contribution is 5.94. The molecule has 1 aromatic heterocycles. The van der Waals surface area contributed by atoms with Crippen molar-refractivity contribution >= 4 is 11.7 Å². The summed E-state index contributed by atoms with van der Waals surface area (Å²) in [5, 5.41) is 16.1. The third-order valence-corrected chi connectivity index (χ3v) is 5.62. The van der Waals surface area contributed by atoms with Crippen LogP contribution in [0.4, 0.5) is 5.82 Å². The SMILES string of the molecule is CC(C)CN1CCC(CNC(=O)c2ccc(NC3CCC(O)CC3)nc2)C1. The number of hydrogen-bond acceptors (Lipinski definition) is 5. The lowest BCUT2D eigenvalue weighted by Gasteiger charge is -2.26. The summed E-state index contributed by atoms with van der Waals surface area (Å²) in [5.41, 5.74) is 0.608. The van der Waals surface area contributed by atoms with Crippen LogP contribution >= 0.6 is 0 Å². The summed E-state index contributed by atoms with van der Waals surface area (Å²) >= 11 is 0. The molecule has 6 nitrogen and oxygen atoms in total. The van der Waals surface area contributed by atoms with E-state index >= 15 is 0 Å². The van der Waals surface area contributed by atoms with Gasteiger partial charge in [0.15, 0.2) is 0 Å². The molecule has 150 valence electrons. The fraction of sp³-hybridized carbons (Fsp3) is 0.714. The van der Waals surface area contributed by atoms with Gasteiger partial charge in [-0.25, -0.2) is 4.98 Å². The van der Waals surface area contributed by atoms with E-state index in [4.69, 9.17) is 0 Å². The van der Waals surface area contributed by atoms with E-state index in [9.17, 15) is 9.90 Å². The predicted molar refractivity (Wildman–Crippen MR) is 108 cm³/mol. The number of pyridine rings is 1. The van der Waals surface area contributed by atoms with Crippen molar-refractivity contribution in [2.45, 2.75) is 58.1 Å². The molecule has 2 aliphatic rings. The second kappa shape index (κ2) is 9.51. The van der Waals surface area contributed by atoms with Crippen LogP contribution in [-0.4, -0.2) is 59.2 Å². The van der Waals surface area contributed by atoms with Crippen LogP contribution in [0.3, 0.4) is 0 Å². The number of aliphatic hydroxyl groups excluding tert-OH is 1. The van der Waals surface area contributed by atoms with Gasteiger partial charge in [0.05, 0.1) is 11.7 Å². The number of likely N-dealkylation sites (tertiary alicyclic amines) is 1. The predicted octanol–water partition coefficient (Wildman–Crippen LogP) is 2.50. The Morgan fingerprint density at radius 1 is 1.26 bits per heavy atom. The number of anilines is 1. The van der Waals surface area contributed by atoms with E-state index in [1.54, 1.807) is 6.20 Å². The lowest BCUT2D eigenvalue weighted by Crippen LogP contribution is -2.32. The molecule has 1 saturated heterocycles. The van der Waals surface area contributed by atoms with E-state index in [-0.39, 0.29) is 12.0 Å². The number of amides is 1. The molecule has 1 atom stereocenters. The van der Waals surface area contributed by atoms with Crippen LogP contribution in [0.15, 0.2) is 18.3 Å². The summed E-state index contributed by atoms with van der Waals surface area (Å²) < 4.78 is 0. The summed E-state index contributed by atoms with van der Waals surface area (Å²) in [4.78, 5) is 19.3. The quantitative estimate of drug-likeness (QED) is 0.684. The standard InChI is InChI=1S/C21H34N4O2/c1-15(2)13-25-10-9-16(14-25)11-23-21(27)17-3-8-20(22-12-17)24-18-4-6-19(26)7-5-18/h3,8,12,15-16,18-19,26H,4-7,9-11,13-14H2,1-2H3,(H,22,24)(H,23,27). The number of carbonyl (C=O) groups is 1. The molecule has 1 amide bonds. The van der Waals surface area contributed by atoms with Crippen molar-refractivity contribution in [1.29, 1.82) is 0 Å². The van der Waals surface area contributed by atoms with Crippen LogP contribution in [0.1, 0.15) is 56.3 Å². The van der Waals surface area contributed by atoms with Gasteiger partial charge in [-0.15, -0.1) is 0 Å². The molecule has 0 spiro atoms. The van der Waals surface area contributed by atoms with Gasteiger partial charge in [-0.1, -0.05) is 13.8 Å². The molecule has 0 aromatic carbocycles. The average molecular weight is 375 g/mol. The molecule has 1 aromatic rings. The van der Waals surface area contributed by atoms with Gasteiger partial charge in [-0.2, -0.15) is 0 Å². The van der Waals surface area contributed by atoms with E-state index in [2.05, 4.69) is 34.4 Å². The summed E-state index contributed by atoms with van der Waals surface area (Å²) in [6, 6.07) is 4.07. The fourth-order valence-electron chi connectivity index (χ4n) is 4.14. The molecule has 1 aliphatic heterocycles. The molecule has 6 heteroatoms. The third kappa shape index (κ3) is 6.18. The van der Waals surface area contributed by atoms with Crippen molar-refractivity contribution in [3.63, 3.8) is 0 Å². The average Bonchev–Trinajstić information content (AvgIpc) is 3.09. The van der Waals surface area contributed by atoms with E-state index in [1.807, 2.05) is 12.1 Å². The molecule has 2 fully saturated rings. The number of nitrogens with one attached hydrogen (secondary N) is 2. The van der Waals surface area contributed by atoms with Gasteiger partial charge in [-0.05, 0) is 62.6 Å². The molecule has 2 heterocycles. The first-order valence-corrected chi connectivity index (χ1v) is 10.4.